The van der Waals surface area contributed by atoms with Crippen molar-refractivity contribution < 1.29 is 14.3 Å². The highest BCUT2D eigenvalue weighted by atomic mass is 35.5. The molecule has 0 saturated heterocycles. The number of halogens is 1. The Balaban J connectivity index is 2.21. The molecule has 0 atom stereocenters. The summed E-state index contributed by atoms with van der Waals surface area (Å²) in [4.78, 5) is 30.7. The van der Waals surface area contributed by atoms with Crippen LogP contribution in [0.25, 0.3) is 11.4 Å². The van der Waals surface area contributed by atoms with Gasteiger partial charge in [0, 0.05) is 12.4 Å². The maximum Gasteiger partial charge on any atom is 0.339 e. The SMILES string of the molecule is CCOC(=O)c1ccc(-c2ccc(C(=O)Cl)cn2)nc1. The third-order valence-corrected chi connectivity index (χ3v) is 2.75. The Morgan fingerprint density at radius 2 is 1.60 bits per heavy atom. The van der Waals surface area contributed by atoms with Crippen LogP contribution in [0.5, 0.6) is 0 Å². The highest BCUT2D eigenvalue weighted by Gasteiger charge is 2.09. The average molecular weight is 291 g/mol. The minimum atomic E-state index is -0.560. The smallest absolute Gasteiger partial charge is 0.339 e. The summed E-state index contributed by atoms with van der Waals surface area (Å²) >= 11 is 5.34. The number of carbonyl (C=O) groups is 2. The Labute approximate surface area is 120 Å². The van der Waals surface area contributed by atoms with Crippen LogP contribution in [0.2, 0.25) is 0 Å². The van der Waals surface area contributed by atoms with Gasteiger partial charge in [-0.05, 0) is 42.8 Å². The normalized spacial score (nSPS) is 10.1. The van der Waals surface area contributed by atoms with E-state index < -0.39 is 11.2 Å². The maximum absolute atomic E-state index is 11.5. The van der Waals surface area contributed by atoms with Gasteiger partial charge in [0.1, 0.15) is 0 Å². The van der Waals surface area contributed by atoms with Crippen LogP contribution in [-0.2, 0) is 4.74 Å². The van der Waals surface area contributed by atoms with E-state index >= 15 is 0 Å². The van der Waals surface area contributed by atoms with Crippen LogP contribution in [0.15, 0.2) is 36.7 Å². The van der Waals surface area contributed by atoms with Crippen molar-refractivity contribution in [3.8, 4) is 11.4 Å². The summed E-state index contributed by atoms with van der Waals surface area (Å²) in [5.74, 6) is -0.414. The van der Waals surface area contributed by atoms with Crippen molar-refractivity contribution in [1.29, 1.82) is 0 Å². The van der Waals surface area contributed by atoms with Gasteiger partial charge in [-0.15, -0.1) is 0 Å². The van der Waals surface area contributed by atoms with Gasteiger partial charge in [-0.25, -0.2) is 4.79 Å². The second kappa shape index (κ2) is 6.25. The molecule has 0 amide bonds. The molecule has 2 aromatic rings. The molecule has 0 aliphatic rings. The molecule has 102 valence electrons. The van der Waals surface area contributed by atoms with Gasteiger partial charge in [0.05, 0.1) is 29.1 Å². The summed E-state index contributed by atoms with van der Waals surface area (Å²) in [6, 6.07) is 6.49. The van der Waals surface area contributed by atoms with Crippen molar-refractivity contribution in [1.82, 2.24) is 9.97 Å². The Morgan fingerprint density at radius 1 is 1.05 bits per heavy atom. The first kappa shape index (κ1) is 14.1. The van der Waals surface area contributed by atoms with Gasteiger partial charge in [-0.3, -0.25) is 14.8 Å². The van der Waals surface area contributed by atoms with Gasteiger partial charge in [0.25, 0.3) is 5.24 Å². The van der Waals surface area contributed by atoms with Crippen LogP contribution in [0.4, 0.5) is 0 Å². The molecule has 0 aromatic carbocycles. The molecular weight excluding hydrogens is 280 g/mol. The number of rotatable bonds is 4. The Bertz CT molecular complexity index is 624. The highest BCUT2D eigenvalue weighted by Crippen LogP contribution is 2.15. The summed E-state index contributed by atoms with van der Waals surface area (Å²) in [5, 5.41) is -0.560. The topological polar surface area (TPSA) is 69.2 Å². The molecule has 0 N–H and O–H groups in total. The van der Waals surface area contributed by atoms with Crippen molar-refractivity contribution in [3.05, 3.63) is 47.8 Å². The van der Waals surface area contributed by atoms with Crippen LogP contribution >= 0.6 is 11.6 Å². The monoisotopic (exact) mass is 290 g/mol. The first-order valence-electron chi connectivity index (χ1n) is 5.91. The van der Waals surface area contributed by atoms with Crippen molar-refractivity contribution in [2.45, 2.75) is 6.92 Å². The van der Waals surface area contributed by atoms with Crippen LogP contribution in [-0.4, -0.2) is 27.8 Å². The third-order valence-electron chi connectivity index (χ3n) is 2.53. The zero-order chi connectivity index (χ0) is 14.5. The molecule has 0 fully saturated rings. The molecule has 0 aliphatic carbocycles. The van der Waals surface area contributed by atoms with E-state index in [1.54, 1.807) is 31.2 Å². The zero-order valence-electron chi connectivity index (χ0n) is 10.7. The largest absolute Gasteiger partial charge is 0.462 e. The lowest BCUT2D eigenvalue weighted by Gasteiger charge is -2.03. The molecule has 0 spiro atoms. The van der Waals surface area contributed by atoms with Crippen LogP contribution in [0.3, 0.4) is 0 Å². The molecule has 5 nitrogen and oxygen atoms in total. The third kappa shape index (κ3) is 3.19. The predicted molar refractivity (Wildman–Crippen MR) is 73.6 cm³/mol. The van der Waals surface area contributed by atoms with Crippen LogP contribution in [0.1, 0.15) is 27.6 Å². The molecular formula is C14H11ClN2O3. The Kier molecular flexibility index (Phi) is 4.42. The number of hydrogen-bond donors (Lipinski definition) is 0. The standard InChI is InChI=1S/C14H11ClN2O3/c1-2-20-14(19)10-4-6-12(17-8-10)11-5-3-9(7-16-11)13(15)18/h3-8H,2H2,1H3. The molecule has 2 rings (SSSR count). The fourth-order valence-corrected chi connectivity index (χ4v) is 1.65. The number of esters is 1. The van der Waals surface area contributed by atoms with Crippen molar-refractivity contribution in [3.63, 3.8) is 0 Å². The molecule has 0 aliphatic heterocycles. The second-order valence-electron chi connectivity index (χ2n) is 3.86. The predicted octanol–water partition coefficient (Wildman–Crippen LogP) is 2.70. The second-order valence-corrected chi connectivity index (χ2v) is 4.20. The quantitative estimate of drug-likeness (QED) is 0.639. The zero-order valence-corrected chi connectivity index (χ0v) is 11.4. The van der Waals surface area contributed by atoms with Crippen molar-refractivity contribution in [2.24, 2.45) is 0 Å². The summed E-state index contributed by atoms with van der Waals surface area (Å²) in [6.45, 7) is 2.05. The number of pyridine rings is 2. The van der Waals surface area contributed by atoms with Gasteiger partial charge >= 0.3 is 5.97 Å². The molecule has 2 heterocycles. The van der Waals surface area contributed by atoms with Crippen LogP contribution in [0, 0.1) is 0 Å². The number of aromatic nitrogens is 2. The summed E-state index contributed by atoms with van der Waals surface area (Å²) < 4.78 is 4.87. The van der Waals surface area contributed by atoms with Gasteiger partial charge in [0.15, 0.2) is 0 Å². The Hall–Kier alpha value is -2.27. The van der Waals surface area contributed by atoms with Crippen LogP contribution < -0.4 is 0 Å². The molecule has 0 saturated carbocycles. The van der Waals surface area contributed by atoms with Gasteiger partial charge in [-0.1, -0.05) is 0 Å². The van der Waals surface area contributed by atoms with E-state index in [-0.39, 0.29) is 0 Å². The highest BCUT2D eigenvalue weighted by molar-refractivity contribution is 6.67. The fourth-order valence-electron chi connectivity index (χ4n) is 1.54. The molecule has 20 heavy (non-hydrogen) atoms. The lowest BCUT2D eigenvalue weighted by molar-refractivity contribution is 0.0526. The first-order chi connectivity index (χ1) is 9.61. The minimum Gasteiger partial charge on any atom is -0.462 e. The molecule has 0 bridgehead atoms. The van der Waals surface area contributed by atoms with E-state index in [9.17, 15) is 9.59 Å². The number of nitrogens with zero attached hydrogens (tertiary/aromatic N) is 2. The lowest BCUT2D eigenvalue weighted by Crippen LogP contribution is -2.05. The number of hydrogen-bond acceptors (Lipinski definition) is 5. The molecule has 0 unspecified atom stereocenters. The number of carbonyl (C=O) groups excluding carboxylic acids is 2. The Morgan fingerprint density at radius 3 is 2.00 bits per heavy atom. The molecule has 6 heteroatoms. The summed E-state index contributed by atoms with van der Waals surface area (Å²) in [6.07, 6.45) is 2.81. The molecule has 0 radical (unpaired) electrons. The van der Waals surface area contributed by atoms with E-state index in [1.807, 2.05) is 0 Å². The van der Waals surface area contributed by atoms with E-state index in [0.717, 1.165) is 0 Å². The fraction of sp³-hybridized carbons (Fsp3) is 0.143. The minimum absolute atomic E-state index is 0.316. The first-order valence-corrected chi connectivity index (χ1v) is 6.29. The van der Waals surface area contributed by atoms with E-state index in [1.165, 1.54) is 12.4 Å². The van der Waals surface area contributed by atoms with Gasteiger partial charge in [-0.2, -0.15) is 0 Å². The molecule has 2 aromatic heterocycles. The van der Waals surface area contributed by atoms with E-state index in [2.05, 4.69) is 9.97 Å². The summed E-state index contributed by atoms with van der Waals surface area (Å²) in [5.41, 5.74) is 1.87. The van der Waals surface area contributed by atoms with Gasteiger partial charge < -0.3 is 4.74 Å². The van der Waals surface area contributed by atoms with Gasteiger partial charge in [0.2, 0.25) is 0 Å². The maximum atomic E-state index is 11.5. The van der Waals surface area contributed by atoms with Crippen molar-refractivity contribution in [2.75, 3.05) is 6.61 Å². The number of ether oxygens (including phenoxy) is 1. The lowest BCUT2D eigenvalue weighted by atomic mass is 10.2. The summed E-state index contributed by atoms with van der Waals surface area (Å²) in [7, 11) is 0. The van der Waals surface area contributed by atoms with E-state index in [0.29, 0.717) is 29.1 Å². The van der Waals surface area contributed by atoms with E-state index in [4.69, 9.17) is 16.3 Å². The van der Waals surface area contributed by atoms with Crippen molar-refractivity contribution >= 4 is 22.8 Å². The average Bonchev–Trinajstić information content (AvgIpc) is 2.48.